The SMILES string of the molecule is C=CC(=O)O.C=CC(=O)O.CCC. The van der Waals surface area contributed by atoms with Crippen molar-refractivity contribution in [1.29, 1.82) is 0 Å². The summed E-state index contributed by atoms with van der Waals surface area (Å²) in [4.78, 5) is 18.5. The van der Waals surface area contributed by atoms with Crippen LogP contribution in [0.1, 0.15) is 20.3 Å². The van der Waals surface area contributed by atoms with Crippen molar-refractivity contribution in [3.63, 3.8) is 0 Å². The molecule has 0 unspecified atom stereocenters. The molecule has 0 bridgehead atoms. The molecule has 13 heavy (non-hydrogen) atoms. The van der Waals surface area contributed by atoms with Crippen LogP contribution >= 0.6 is 0 Å². The Kier molecular flexibility index (Phi) is 22.6. The van der Waals surface area contributed by atoms with E-state index in [1.165, 1.54) is 6.42 Å². The summed E-state index contributed by atoms with van der Waals surface area (Å²) in [6, 6.07) is 0. The smallest absolute Gasteiger partial charge is 0.327 e. The second-order valence-corrected chi connectivity index (χ2v) is 1.79. The fourth-order valence-electron chi connectivity index (χ4n) is 0. The summed E-state index contributed by atoms with van der Waals surface area (Å²) in [6.45, 7) is 10.2. The number of hydrogen-bond acceptors (Lipinski definition) is 2. The maximum atomic E-state index is 9.25. The number of hydrogen-bond donors (Lipinski definition) is 2. The van der Waals surface area contributed by atoms with Crippen LogP contribution < -0.4 is 0 Å². The van der Waals surface area contributed by atoms with E-state index in [9.17, 15) is 9.59 Å². The summed E-state index contributed by atoms with van der Waals surface area (Å²) >= 11 is 0. The van der Waals surface area contributed by atoms with Gasteiger partial charge in [0.05, 0.1) is 0 Å². The number of rotatable bonds is 2. The van der Waals surface area contributed by atoms with Crippen molar-refractivity contribution >= 4 is 11.9 Å². The minimum Gasteiger partial charge on any atom is -0.478 e. The first-order chi connectivity index (χ1) is 5.95. The van der Waals surface area contributed by atoms with E-state index in [2.05, 4.69) is 27.0 Å². The molecule has 2 N–H and O–H groups in total. The van der Waals surface area contributed by atoms with Crippen LogP contribution in [0.3, 0.4) is 0 Å². The van der Waals surface area contributed by atoms with E-state index in [4.69, 9.17) is 10.2 Å². The van der Waals surface area contributed by atoms with Crippen LogP contribution in [0.5, 0.6) is 0 Å². The minimum atomic E-state index is -0.981. The van der Waals surface area contributed by atoms with Crippen LogP contribution in [0.4, 0.5) is 0 Å². The highest BCUT2D eigenvalue weighted by atomic mass is 16.4. The maximum Gasteiger partial charge on any atom is 0.327 e. The van der Waals surface area contributed by atoms with E-state index in [1.54, 1.807) is 0 Å². The summed E-state index contributed by atoms with van der Waals surface area (Å²) in [7, 11) is 0. The third-order valence-corrected chi connectivity index (χ3v) is 0.349. The van der Waals surface area contributed by atoms with Crippen LogP contribution in [-0.2, 0) is 9.59 Å². The normalized spacial score (nSPS) is 6.31. The highest BCUT2D eigenvalue weighted by molar-refractivity contribution is 5.79. The van der Waals surface area contributed by atoms with Crippen LogP contribution in [-0.4, -0.2) is 22.2 Å². The molecule has 0 atom stereocenters. The first-order valence-corrected chi connectivity index (χ1v) is 3.66. The lowest BCUT2D eigenvalue weighted by Crippen LogP contribution is -1.82. The molecule has 0 saturated carbocycles. The molecule has 0 fully saturated rings. The average molecular weight is 188 g/mol. The summed E-state index contributed by atoms with van der Waals surface area (Å²) in [5, 5.41) is 15.2. The summed E-state index contributed by atoms with van der Waals surface area (Å²) in [5.41, 5.74) is 0. The average Bonchev–Trinajstić information content (AvgIpc) is 2.07. The molecular formula is C9H16O4. The number of carboxylic acids is 2. The fraction of sp³-hybridized carbons (Fsp3) is 0.333. The Hall–Kier alpha value is -1.58. The molecule has 0 aliphatic carbocycles. The lowest BCUT2D eigenvalue weighted by Gasteiger charge is -1.64. The van der Waals surface area contributed by atoms with Crippen molar-refractivity contribution in [2.75, 3.05) is 0 Å². The molecule has 76 valence electrons. The molecule has 4 nitrogen and oxygen atoms in total. The number of aliphatic carboxylic acids is 2. The second-order valence-electron chi connectivity index (χ2n) is 1.79. The number of carbonyl (C=O) groups is 2. The van der Waals surface area contributed by atoms with Crippen molar-refractivity contribution in [2.45, 2.75) is 20.3 Å². The predicted octanol–water partition coefficient (Wildman–Crippen LogP) is 1.93. The van der Waals surface area contributed by atoms with Gasteiger partial charge in [-0.2, -0.15) is 0 Å². The molecule has 0 aromatic heterocycles. The second kappa shape index (κ2) is 16.8. The van der Waals surface area contributed by atoms with E-state index < -0.39 is 11.9 Å². The Balaban J connectivity index is -0.000000120. The molecule has 0 aromatic carbocycles. The van der Waals surface area contributed by atoms with Gasteiger partial charge in [0.1, 0.15) is 0 Å². The molecular weight excluding hydrogens is 172 g/mol. The van der Waals surface area contributed by atoms with Gasteiger partial charge in [-0.1, -0.05) is 33.4 Å². The third kappa shape index (κ3) is 126. The van der Waals surface area contributed by atoms with Gasteiger partial charge in [0.2, 0.25) is 0 Å². The van der Waals surface area contributed by atoms with E-state index in [1.807, 2.05) is 0 Å². The van der Waals surface area contributed by atoms with Crippen molar-refractivity contribution in [3.8, 4) is 0 Å². The molecule has 0 radical (unpaired) electrons. The molecule has 0 spiro atoms. The highest BCUT2D eigenvalue weighted by Gasteiger charge is 1.73. The topological polar surface area (TPSA) is 74.6 Å². The fourth-order valence-corrected chi connectivity index (χ4v) is 0. The standard InChI is InChI=1S/2C3H4O2.C3H8/c2*1-2-3(4)5;1-3-2/h2*2H,1H2,(H,4,5);3H2,1-2H3. The Labute approximate surface area is 78.2 Å². The molecule has 0 saturated heterocycles. The summed E-state index contributed by atoms with van der Waals surface area (Å²) in [6.07, 6.45) is 2.92. The van der Waals surface area contributed by atoms with Gasteiger partial charge in [0.25, 0.3) is 0 Å². The van der Waals surface area contributed by atoms with Gasteiger partial charge in [-0.25, -0.2) is 9.59 Å². The van der Waals surface area contributed by atoms with Crippen molar-refractivity contribution < 1.29 is 19.8 Å². The molecule has 0 aliphatic rings. The van der Waals surface area contributed by atoms with Gasteiger partial charge < -0.3 is 10.2 Å². The molecule has 0 aliphatic heterocycles. The zero-order chi connectivity index (χ0) is 11.3. The van der Waals surface area contributed by atoms with E-state index in [0.29, 0.717) is 0 Å². The highest BCUT2D eigenvalue weighted by Crippen LogP contribution is 1.56. The number of carboxylic acid groups (broad SMARTS) is 2. The Morgan fingerprint density at radius 1 is 1.08 bits per heavy atom. The lowest BCUT2D eigenvalue weighted by atomic mass is 10.6. The van der Waals surface area contributed by atoms with Crippen LogP contribution in [0.25, 0.3) is 0 Å². The Morgan fingerprint density at radius 3 is 1.15 bits per heavy atom. The van der Waals surface area contributed by atoms with Crippen molar-refractivity contribution in [3.05, 3.63) is 25.3 Å². The molecule has 0 heterocycles. The summed E-state index contributed by atoms with van der Waals surface area (Å²) < 4.78 is 0. The van der Waals surface area contributed by atoms with Crippen molar-refractivity contribution in [1.82, 2.24) is 0 Å². The van der Waals surface area contributed by atoms with Crippen LogP contribution in [0.2, 0.25) is 0 Å². The van der Waals surface area contributed by atoms with Gasteiger partial charge in [-0.15, -0.1) is 0 Å². The third-order valence-electron chi connectivity index (χ3n) is 0.349. The molecule has 0 amide bonds. The zero-order valence-electron chi connectivity index (χ0n) is 7.99. The monoisotopic (exact) mass is 188 g/mol. The van der Waals surface area contributed by atoms with E-state index >= 15 is 0 Å². The van der Waals surface area contributed by atoms with Gasteiger partial charge in [0.15, 0.2) is 0 Å². The van der Waals surface area contributed by atoms with E-state index in [0.717, 1.165) is 12.2 Å². The van der Waals surface area contributed by atoms with Gasteiger partial charge >= 0.3 is 11.9 Å². The summed E-state index contributed by atoms with van der Waals surface area (Å²) in [5.74, 6) is -1.96. The van der Waals surface area contributed by atoms with Crippen LogP contribution in [0.15, 0.2) is 25.3 Å². The molecule has 0 aromatic rings. The first kappa shape index (κ1) is 17.5. The molecule has 4 heteroatoms. The zero-order valence-corrected chi connectivity index (χ0v) is 7.99. The first-order valence-electron chi connectivity index (χ1n) is 3.66. The van der Waals surface area contributed by atoms with Crippen molar-refractivity contribution in [2.24, 2.45) is 0 Å². The lowest BCUT2D eigenvalue weighted by molar-refractivity contribution is -0.132. The quantitative estimate of drug-likeness (QED) is 0.649. The van der Waals surface area contributed by atoms with Gasteiger partial charge in [-0.05, 0) is 0 Å². The van der Waals surface area contributed by atoms with E-state index in [-0.39, 0.29) is 0 Å². The molecule has 0 rings (SSSR count). The maximum absolute atomic E-state index is 9.25. The Morgan fingerprint density at radius 2 is 1.15 bits per heavy atom. The van der Waals surface area contributed by atoms with Gasteiger partial charge in [-0.3, -0.25) is 0 Å². The Bertz CT molecular complexity index is 143. The van der Waals surface area contributed by atoms with Crippen LogP contribution in [0, 0.1) is 0 Å². The minimum absolute atomic E-state index is 0.833. The van der Waals surface area contributed by atoms with Gasteiger partial charge in [0, 0.05) is 12.2 Å². The largest absolute Gasteiger partial charge is 0.478 e. The predicted molar refractivity (Wildman–Crippen MR) is 51.6 cm³/mol.